The molecule has 0 saturated carbocycles. The summed E-state index contributed by atoms with van der Waals surface area (Å²) in [6, 6.07) is 2.60. The maximum absolute atomic E-state index is 4.65. The van der Waals surface area contributed by atoms with Crippen molar-refractivity contribution < 1.29 is 0 Å². The van der Waals surface area contributed by atoms with Crippen molar-refractivity contribution in [1.82, 2.24) is 9.97 Å². The Bertz CT molecular complexity index is 388. The molecule has 0 spiro atoms. The van der Waals surface area contributed by atoms with E-state index in [9.17, 15) is 0 Å². The first-order valence-corrected chi connectivity index (χ1v) is 7.75. The molecule has 18 heavy (non-hydrogen) atoms. The van der Waals surface area contributed by atoms with Gasteiger partial charge >= 0.3 is 0 Å². The highest BCUT2D eigenvalue weighted by Gasteiger charge is 2.26. The fourth-order valence-electron chi connectivity index (χ4n) is 2.44. The topological polar surface area (TPSA) is 41.0 Å². The van der Waals surface area contributed by atoms with E-state index >= 15 is 0 Å². The Morgan fingerprint density at radius 2 is 2.17 bits per heavy atom. The quantitative estimate of drug-likeness (QED) is 0.673. The van der Waals surface area contributed by atoms with E-state index in [4.69, 9.17) is 0 Å². The summed E-state index contributed by atoms with van der Waals surface area (Å²) in [5.41, 5.74) is 0. The molecule has 2 atom stereocenters. The van der Waals surface area contributed by atoms with Crippen LogP contribution in [-0.2, 0) is 0 Å². The van der Waals surface area contributed by atoms with E-state index in [1.165, 1.54) is 12.8 Å². The van der Waals surface area contributed by atoms with Crippen LogP contribution in [0.25, 0.3) is 0 Å². The number of piperidine rings is 1. The number of thioether (sulfide) groups is 1. The van der Waals surface area contributed by atoms with E-state index in [-0.39, 0.29) is 0 Å². The first-order chi connectivity index (χ1) is 8.65. The molecule has 1 aliphatic heterocycles. The third-order valence-corrected chi connectivity index (χ3v) is 4.35. The lowest BCUT2D eigenvalue weighted by molar-refractivity contribution is 0.361. The molecule has 0 radical (unpaired) electrons. The molecule has 5 heteroatoms. The zero-order chi connectivity index (χ0) is 13.1. The summed E-state index contributed by atoms with van der Waals surface area (Å²) < 4.78 is 0. The first kappa shape index (κ1) is 13.5. The predicted molar refractivity (Wildman–Crippen MR) is 78.6 cm³/mol. The van der Waals surface area contributed by atoms with Crippen LogP contribution in [0.4, 0.5) is 11.6 Å². The molecule has 1 fully saturated rings. The Labute approximate surface area is 114 Å². The van der Waals surface area contributed by atoms with Crippen LogP contribution in [0.3, 0.4) is 0 Å². The lowest BCUT2D eigenvalue weighted by Crippen LogP contribution is -2.43. The number of hydrogen-bond acceptors (Lipinski definition) is 5. The number of nitrogens with zero attached hydrogens (tertiary/aromatic N) is 3. The molecule has 1 aromatic rings. The Kier molecular flexibility index (Phi) is 4.32. The molecule has 1 saturated heterocycles. The molecular formula is C13H22N4S. The van der Waals surface area contributed by atoms with E-state index < -0.39 is 0 Å². The molecule has 1 aromatic heterocycles. The molecule has 2 unspecified atom stereocenters. The third kappa shape index (κ3) is 2.71. The molecule has 0 aromatic carbocycles. The Balaban J connectivity index is 2.31. The van der Waals surface area contributed by atoms with Crippen LogP contribution in [-0.4, -0.2) is 35.9 Å². The summed E-state index contributed by atoms with van der Waals surface area (Å²) in [5.74, 6) is 2.68. The van der Waals surface area contributed by atoms with Crippen molar-refractivity contribution in [3.8, 4) is 0 Å². The maximum atomic E-state index is 4.65. The highest BCUT2D eigenvalue weighted by molar-refractivity contribution is 7.98. The number of anilines is 2. The van der Waals surface area contributed by atoms with Crippen LogP contribution in [0.1, 0.15) is 26.7 Å². The molecule has 0 aliphatic carbocycles. The van der Waals surface area contributed by atoms with Crippen molar-refractivity contribution in [3.05, 3.63) is 6.07 Å². The molecule has 100 valence electrons. The fourth-order valence-corrected chi connectivity index (χ4v) is 2.81. The standard InChI is InChI=1S/C13H22N4S/c1-9-6-5-7-17(10(9)2)12-8-11(14-3)15-13(16-12)18-4/h8-10H,5-7H2,1-4H3,(H,14,15,16). The lowest BCUT2D eigenvalue weighted by atomic mass is 9.92. The van der Waals surface area contributed by atoms with Gasteiger partial charge in [0, 0.05) is 25.7 Å². The van der Waals surface area contributed by atoms with Crippen molar-refractivity contribution >= 4 is 23.4 Å². The summed E-state index contributed by atoms with van der Waals surface area (Å²) in [7, 11) is 1.90. The van der Waals surface area contributed by atoms with E-state index in [0.29, 0.717) is 6.04 Å². The number of aromatic nitrogens is 2. The van der Waals surface area contributed by atoms with Gasteiger partial charge in [0.15, 0.2) is 5.16 Å². The van der Waals surface area contributed by atoms with Gasteiger partial charge in [0.25, 0.3) is 0 Å². The normalized spacial score (nSPS) is 24.1. The number of nitrogens with one attached hydrogen (secondary N) is 1. The van der Waals surface area contributed by atoms with Crippen LogP contribution in [0.15, 0.2) is 11.2 Å². The molecule has 0 amide bonds. The fraction of sp³-hybridized carbons (Fsp3) is 0.692. The van der Waals surface area contributed by atoms with Gasteiger partial charge in [-0.1, -0.05) is 18.7 Å². The van der Waals surface area contributed by atoms with Gasteiger partial charge in [-0.15, -0.1) is 0 Å². The van der Waals surface area contributed by atoms with Gasteiger partial charge in [-0.05, 0) is 31.9 Å². The van der Waals surface area contributed by atoms with E-state index in [1.54, 1.807) is 11.8 Å². The largest absolute Gasteiger partial charge is 0.373 e. The average Bonchev–Trinajstić information content (AvgIpc) is 2.41. The first-order valence-electron chi connectivity index (χ1n) is 6.53. The van der Waals surface area contributed by atoms with Gasteiger partial charge in [0.1, 0.15) is 11.6 Å². The van der Waals surface area contributed by atoms with Crippen LogP contribution in [0.2, 0.25) is 0 Å². The van der Waals surface area contributed by atoms with Crippen molar-refractivity contribution in [1.29, 1.82) is 0 Å². The minimum atomic E-state index is 0.549. The Morgan fingerprint density at radius 3 is 2.83 bits per heavy atom. The third-order valence-electron chi connectivity index (χ3n) is 3.80. The molecule has 1 N–H and O–H groups in total. The minimum absolute atomic E-state index is 0.549. The molecule has 0 bridgehead atoms. The Hall–Kier alpha value is -0.970. The van der Waals surface area contributed by atoms with Crippen molar-refractivity contribution in [2.45, 2.75) is 37.9 Å². The van der Waals surface area contributed by atoms with Crippen molar-refractivity contribution in [2.75, 3.05) is 30.1 Å². The Morgan fingerprint density at radius 1 is 1.39 bits per heavy atom. The molecule has 2 rings (SSSR count). The van der Waals surface area contributed by atoms with Gasteiger partial charge in [-0.25, -0.2) is 9.97 Å². The van der Waals surface area contributed by atoms with E-state index in [0.717, 1.165) is 29.3 Å². The number of hydrogen-bond donors (Lipinski definition) is 1. The summed E-state index contributed by atoms with van der Waals surface area (Å²) in [6.07, 6.45) is 4.58. The van der Waals surface area contributed by atoms with Crippen molar-refractivity contribution in [2.24, 2.45) is 5.92 Å². The van der Waals surface area contributed by atoms with Crippen LogP contribution >= 0.6 is 11.8 Å². The van der Waals surface area contributed by atoms with Crippen LogP contribution in [0, 0.1) is 5.92 Å². The maximum Gasteiger partial charge on any atom is 0.191 e. The second-order valence-electron chi connectivity index (χ2n) is 4.90. The summed E-state index contributed by atoms with van der Waals surface area (Å²) >= 11 is 1.59. The highest BCUT2D eigenvalue weighted by atomic mass is 32.2. The molecular weight excluding hydrogens is 244 g/mol. The predicted octanol–water partition coefficient (Wildman–Crippen LogP) is 2.87. The van der Waals surface area contributed by atoms with Gasteiger partial charge in [0.2, 0.25) is 0 Å². The van der Waals surface area contributed by atoms with Crippen LogP contribution in [0.5, 0.6) is 0 Å². The smallest absolute Gasteiger partial charge is 0.191 e. The number of rotatable bonds is 3. The monoisotopic (exact) mass is 266 g/mol. The molecule has 4 nitrogen and oxygen atoms in total. The minimum Gasteiger partial charge on any atom is -0.373 e. The second-order valence-corrected chi connectivity index (χ2v) is 5.67. The van der Waals surface area contributed by atoms with E-state index in [2.05, 4.69) is 34.0 Å². The highest BCUT2D eigenvalue weighted by Crippen LogP contribution is 2.29. The van der Waals surface area contributed by atoms with Crippen molar-refractivity contribution in [3.63, 3.8) is 0 Å². The van der Waals surface area contributed by atoms with Gasteiger partial charge < -0.3 is 10.2 Å². The molecule has 1 aliphatic rings. The van der Waals surface area contributed by atoms with Crippen LogP contribution < -0.4 is 10.2 Å². The second kappa shape index (κ2) is 5.78. The lowest BCUT2D eigenvalue weighted by Gasteiger charge is -2.38. The molecule has 2 heterocycles. The zero-order valence-corrected chi connectivity index (χ0v) is 12.4. The van der Waals surface area contributed by atoms with Gasteiger partial charge in [-0.3, -0.25) is 0 Å². The zero-order valence-electron chi connectivity index (χ0n) is 11.6. The van der Waals surface area contributed by atoms with Gasteiger partial charge in [-0.2, -0.15) is 0 Å². The summed E-state index contributed by atoms with van der Waals surface area (Å²) in [6.45, 7) is 5.72. The van der Waals surface area contributed by atoms with Gasteiger partial charge in [0.05, 0.1) is 0 Å². The summed E-state index contributed by atoms with van der Waals surface area (Å²) in [4.78, 5) is 11.5. The van der Waals surface area contributed by atoms with E-state index in [1.807, 2.05) is 19.4 Å². The summed E-state index contributed by atoms with van der Waals surface area (Å²) in [5, 5.41) is 3.95. The SMILES string of the molecule is CNc1cc(N2CCCC(C)C2C)nc(SC)n1. The average molecular weight is 266 g/mol.